The van der Waals surface area contributed by atoms with Crippen molar-refractivity contribution in [2.24, 2.45) is 5.92 Å². The van der Waals surface area contributed by atoms with Gasteiger partial charge in [0.15, 0.2) is 0 Å². The van der Waals surface area contributed by atoms with Crippen LogP contribution in [0.4, 0.5) is 0 Å². The van der Waals surface area contributed by atoms with Gasteiger partial charge in [-0.15, -0.1) is 0 Å². The van der Waals surface area contributed by atoms with Gasteiger partial charge in [0.25, 0.3) is 0 Å². The van der Waals surface area contributed by atoms with Crippen LogP contribution in [-0.2, 0) is 4.79 Å². The molecule has 3 nitrogen and oxygen atoms in total. The van der Waals surface area contributed by atoms with Crippen molar-refractivity contribution in [2.45, 2.75) is 26.7 Å². The summed E-state index contributed by atoms with van der Waals surface area (Å²) in [5.41, 5.74) is 0.890. The molecule has 1 unspecified atom stereocenters. The lowest BCUT2D eigenvalue weighted by molar-refractivity contribution is -0.123. The quantitative estimate of drug-likeness (QED) is 0.653. The SMILES string of the molecule is C=C(C)CNC(=O)C(C#N)CCC. The molecular formula is C10H16N2O. The van der Waals surface area contributed by atoms with Gasteiger partial charge in [-0.2, -0.15) is 5.26 Å². The Balaban J connectivity index is 3.93. The Labute approximate surface area is 79.4 Å². The van der Waals surface area contributed by atoms with Gasteiger partial charge in [0.1, 0.15) is 5.92 Å². The van der Waals surface area contributed by atoms with E-state index in [1.807, 2.05) is 19.9 Å². The van der Waals surface area contributed by atoms with Crippen molar-refractivity contribution >= 4 is 5.91 Å². The van der Waals surface area contributed by atoms with Gasteiger partial charge in [0.2, 0.25) is 5.91 Å². The second kappa shape index (κ2) is 6.24. The van der Waals surface area contributed by atoms with Crippen LogP contribution >= 0.6 is 0 Å². The molecule has 0 rings (SSSR count). The Bertz CT molecular complexity index is 228. The van der Waals surface area contributed by atoms with Crippen molar-refractivity contribution in [1.29, 1.82) is 5.26 Å². The lowest BCUT2D eigenvalue weighted by Crippen LogP contribution is -2.30. The molecule has 0 aliphatic heterocycles. The van der Waals surface area contributed by atoms with E-state index < -0.39 is 5.92 Å². The summed E-state index contributed by atoms with van der Waals surface area (Å²) < 4.78 is 0. The van der Waals surface area contributed by atoms with E-state index in [2.05, 4.69) is 11.9 Å². The minimum Gasteiger partial charge on any atom is -0.351 e. The maximum absolute atomic E-state index is 11.3. The largest absolute Gasteiger partial charge is 0.351 e. The molecule has 3 heteroatoms. The zero-order chi connectivity index (χ0) is 10.3. The summed E-state index contributed by atoms with van der Waals surface area (Å²) in [6.45, 7) is 7.91. The molecule has 0 bridgehead atoms. The third kappa shape index (κ3) is 5.02. The fraction of sp³-hybridized carbons (Fsp3) is 0.600. The normalized spacial score (nSPS) is 11.5. The highest BCUT2D eigenvalue weighted by Crippen LogP contribution is 2.04. The Hall–Kier alpha value is -1.30. The first-order chi connectivity index (χ1) is 6.11. The van der Waals surface area contributed by atoms with Crippen LogP contribution in [0.2, 0.25) is 0 Å². The van der Waals surface area contributed by atoms with Crippen LogP contribution in [0.25, 0.3) is 0 Å². The molecule has 0 aromatic carbocycles. The second-order valence-electron chi connectivity index (χ2n) is 3.15. The van der Waals surface area contributed by atoms with E-state index in [0.29, 0.717) is 13.0 Å². The zero-order valence-corrected chi connectivity index (χ0v) is 8.26. The van der Waals surface area contributed by atoms with E-state index in [4.69, 9.17) is 5.26 Å². The van der Waals surface area contributed by atoms with Crippen LogP contribution in [0.15, 0.2) is 12.2 Å². The molecule has 1 atom stereocenters. The van der Waals surface area contributed by atoms with Crippen molar-refractivity contribution in [2.75, 3.05) is 6.54 Å². The summed E-state index contributed by atoms with van der Waals surface area (Å²) in [6, 6.07) is 1.98. The Morgan fingerprint density at radius 1 is 1.69 bits per heavy atom. The molecule has 0 aromatic rings. The smallest absolute Gasteiger partial charge is 0.237 e. The van der Waals surface area contributed by atoms with E-state index in [0.717, 1.165) is 12.0 Å². The number of rotatable bonds is 5. The highest BCUT2D eigenvalue weighted by molar-refractivity contribution is 5.81. The molecule has 72 valence electrons. The maximum atomic E-state index is 11.3. The molecule has 1 amide bonds. The van der Waals surface area contributed by atoms with Crippen molar-refractivity contribution in [3.8, 4) is 6.07 Å². The van der Waals surface area contributed by atoms with Crippen LogP contribution in [0, 0.1) is 17.2 Å². The number of hydrogen-bond donors (Lipinski definition) is 1. The summed E-state index contributed by atoms with van der Waals surface area (Å²) in [5, 5.41) is 11.3. The summed E-state index contributed by atoms with van der Waals surface area (Å²) in [7, 11) is 0. The highest BCUT2D eigenvalue weighted by atomic mass is 16.1. The Morgan fingerprint density at radius 2 is 2.31 bits per heavy atom. The van der Waals surface area contributed by atoms with Gasteiger partial charge in [-0.25, -0.2) is 0 Å². The molecule has 0 saturated carbocycles. The topological polar surface area (TPSA) is 52.9 Å². The molecule has 0 spiro atoms. The average molecular weight is 180 g/mol. The number of nitriles is 1. The number of carbonyl (C=O) groups excluding carboxylic acids is 1. The molecule has 0 aliphatic carbocycles. The first-order valence-electron chi connectivity index (χ1n) is 4.43. The zero-order valence-electron chi connectivity index (χ0n) is 8.26. The number of hydrogen-bond acceptors (Lipinski definition) is 2. The fourth-order valence-corrected chi connectivity index (χ4v) is 0.904. The molecule has 0 aliphatic rings. The van der Waals surface area contributed by atoms with E-state index in [1.165, 1.54) is 0 Å². The Morgan fingerprint density at radius 3 is 2.69 bits per heavy atom. The van der Waals surface area contributed by atoms with Gasteiger partial charge in [-0.3, -0.25) is 4.79 Å². The molecule has 0 heterocycles. The summed E-state index contributed by atoms with van der Waals surface area (Å²) in [5.74, 6) is -0.698. The van der Waals surface area contributed by atoms with E-state index >= 15 is 0 Å². The van der Waals surface area contributed by atoms with E-state index in [-0.39, 0.29) is 5.91 Å². The minimum atomic E-state index is -0.510. The van der Waals surface area contributed by atoms with Crippen LogP contribution in [0.3, 0.4) is 0 Å². The van der Waals surface area contributed by atoms with Gasteiger partial charge < -0.3 is 5.32 Å². The van der Waals surface area contributed by atoms with Gasteiger partial charge in [0.05, 0.1) is 6.07 Å². The van der Waals surface area contributed by atoms with Crippen LogP contribution < -0.4 is 5.32 Å². The van der Waals surface area contributed by atoms with Crippen molar-refractivity contribution in [3.63, 3.8) is 0 Å². The molecule has 0 radical (unpaired) electrons. The first-order valence-corrected chi connectivity index (χ1v) is 4.43. The fourth-order valence-electron chi connectivity index (χ4n) is 0.904. The molecule has 0 fully saturated rings. The van der Waals surface area contributed by atoms with Gasteiger partial charge >= 0.3 is 0 Å². The second-order valence-corrected chi connectivity index (χ2v) is 3.15. The van der Waals surface area contributed by atoms with Crippen LogP contribution in [0.1, 0.15) is 26.7 Å². The number of nitrogens with one attached hydrogen (secondary N) is 1. The summed E-state index contributed by atoms with van der Waals surface area (Å²) in [4.78, 5) is 11.3. The number of nitrogens with zero attached hydrogens (tertiary/aromatic N) is 1. The minimum absolute atomic E-state index is 0.188. The lowest BCUT2D eigenvalue weighted by atomic mass is 10.1. The van der Waals surface area contributed by atoms with Gasteiger partial charge in [-0.1, -0.05) is 25.5 Å². The monoisotopic (exact) mass is 180 g/mol. The molecule has 0 saturated heterocycles. The van der Waals surface area contributed by atoms with E-state index in [1.54, 1.807) is 0 Å². The summed E-state index contributed by atoms with van der Waals surface area (Å²) in [6.07, 6.45) is 1.47. The molecule has 1 N–H and O–H groups in total. The summed E-state index contributed by atoms with van der Waals surface area (Å²) >= 11 is 0. The average Bonchev–Trinajstić information content (AvgIpc) is 2.10. The van der Waals surface area contributed by atoms with E-state index in [9.17, 15) is 4.79 Å². The van der Waals surface area contributed by atoms with Crippen LogP contribution in [0.5, 0.6) is 0 Å². The predicted octanol–water partition coefficient (Wildman–Crippen LogP) is 1.62. The Kier molecular flexibility index (Phi) is 5.62. The molecule has 0 aromatic heterocycles. The van der Waals surface area contributed by atoms with Crippen molar-refractivity contribution < 1.29 is 4.79 Å². The number of amides is 1. The number of carbonyl (C=O) groups is 1. The lowest BCUT2D eigenvalue weighted by Gasteiger charge is -2.08. The maximum Gasteiger partial charge on any atom is 0.237 e. The van der Waals surface area contributed by atoms with Gasteiger partial charge in [0, 0.05) is 6.54 Å². The van der Waals surface area contributed by atoms with Crippen molar-refractivity contribution in [1.82, 2.24) is 5.32 Å². The highest BCUT2D eigenvalue weighted by Gasteiger charge is 2.15. The predicted molar refractivity (Wildman–Crippen MR) is 51.8 cm³/mol. The van der Waals surface area contributed by atoms with Crippen molar-refractivity contribution in [3.05, 3.63) is 12.2 Å². The van der Waals surface area contributed by atoms with Gasteiger partial charge in [-0.05, 0) is 13.3 Å². The first kappa shape index (κ1) is 11.7. The van der Waals surface area contributed by atoms with Crippen LogP contribution in [-0.4, -0.2) is 12.5 Å². The third-order valence-electron chi connectivity index (χ3n) is 1.61. The third-order valence-corrected chi connectivity index (χ3v) is 1.61. The molecule has 13 heavy (non-hydrogen) atoms. The molecular weight excluding hydrogens is 164 g/mol. The standard InChI is InChI=1S/C10H16N2O/c1-4-5-9(6-11)10(13)12-7-8(2)3/h9H,2,4-5,7H2,1,3H3,(H,12,13).